The molecule has 0 aromatic carbocycles. The third kappa shape index (κ3) is 1.54. The van der Waals surface area contributed by atoms with Gasteiger partial charge >= 0.3 is 0 Å². The number of hydrogen-bond acceptors (Lipinski definition) is 2. The molecule has 1 atom stereocenters. The van der Waals surface area contributed by atoms with Crippen LogP contribution in [0, 0.1) is 17.2 Å². The van der Waals surface area contributed by atoms with Crippen molar-refractivity contribution in [2.45, 2.75) is 38.2 Å². The molecule has 0 radical (unpaired) electrons. The summed E-state index contributed by atoms with van der Waals surface area (Å²) in [5, 5.41) is 8.87. The van der Waals surface area contributed by atoms with Crippen molar-refractivity contribution in [2.24, 2.45) is 5.92 Å². The van der Waals surface area contributed by atoms with Crippen molar-refractivity contribution < 1.29 is 4.74 Å². The molecule has 0 aromatic heterocycles. The van der Waals surface area contributed by atoms with Gasteiger partial charge in [0.25, 0.3) is 0 Å². The first-order valence-electron chi connectivity index (χ1n) is 4.19. The highest BCUT2D eigenvalue weighted by atomic mass is 16.5. The molecule has 0 saturated heterocycles. The van der Waals surface area contributed by atoms with Crippen LogP contribution in [0.2, 0.25) is 0 Å². The first kappa shape index (κ1) is 8.55. The molecule has 2 nitrogen and oxygen atoms in total. The average molecular weight is 153 g/mol. The van der Waals surface area contributed by atoms with Crippen molar-refractivity contribution in [3.05, 3.63) is 0 Å². The molecule has 1 aliphatic rings. The predicted octanol–water partition coefficient (Wildman–Crippen LogP) is 2.11. The maximum absolute atomic E-state index is 8.87. The fourth-order valence-electron chi connectivity index (χ4n) is 1.78. The summed E-state index contributed by atoms with van der Waals surface area (Å²) < 4.78 is 5.21. The van der Waals surface area contributed by atoms with E-state index in [-0.39, 0.29) is 0 Å². The zero-order valence-electron chi connectivity index (χ0n) is 7.26. The summed E-state index contributed by atoms with van der Waals surface area (Å²) in [6.45, 7) is 1.89. The second-order valence-corrected chi connectivity index (χ2v) is 3.40. The van der Waals surface area contributed by atoms with Crippen molar-refractivity contribution in [2.75, 3.05) is 7.11 Å². The molecule has 0 aliphatic heterocycles. The summed E-state index contributed by atoms with van der Waals surface area (Å²) in [5.41, 5.74) is -0.531. The molecule has 0 aromatic rings. The molecule has 1 rings (SSSR count). The maximum Gasteiger partial charge on any atom is 0.153 e. The maximum atomic E-state index is 8.87. The topological polar surface area (TPSA) is 33.0 Å². The lowest BCUT2D eigenvalue weighted by Gasteiger charge is -2.26. The summed E-state index contributed by atoms with van der Waals surface area (Å²) in [7, 11) is 1.63. The van der Waals surface area contributed by atoms with Crippen LogP contribution in [0.5, 0.6) is 0 Å². The Bertz CT molecular complexity index is 167. The monoisotopic (exact) mass is 153 g/mol. The highest BCUT2D eigenvalue weighted by Gasteiger charge is 2.35. The molecule has 62 valence electrons. The molecule has 2 heteroatoms. The molecule has 1 unspecified atom stereocenters. The van der Waals surface area contributed by atoms with E-state index < -0.39 is 5.60 Å². The lowest BCUT2D eigenvalue weighted by atomic mass is 9.89. The van der Waals surface area contributed by atoms with Crippen molar-refractivity contribution in [1.29, 1.82) is 5.26 Å². The van der Waals surface area contributed by atoms with Gasteiger partial charge in [-0.25, -0.2) is 0 Å². The molecular formula is C9H15NO. The zero-order valence-corrected chi connectivity index (χ0v) is 7.26. The second kappa shape index (κ2) is 3.23. The van der Waals surface area contributed by atoms with Gasteiger partial charge in [-0.1, -0.05) is 12.8 Å². The second-order valence-electron chi connectivity index (χ2n) is 3.40. The molecule has 1 saturated carbocycles. The highest BCUT2D eigenvalue weighted by molar-refractivity contribution is 5.03. The predicted molar refractivity (Wildman–Crippen MR) is 43.0 cm³/mol. The highest BCUT2D eigenvalue weighted by Crippen LogP contribution is 2.35. The van der Waals surface area contributed by atoms with Gasteiger partial charge in [-0.15, -0.1) is 0 Å². The molecule has 0 bridgehead atoms. The van der Waals surface area contributed by atoms with Gasteiger partial charge < -0.3 is 4.74 Å². The molecule has 0 spiro atoms. The number of rotatable bonds is 2. The van der Waals surface area contributed by atoms with Gasteiger partial charge in [0.1, 0.15) is 0 Å². The molecule has 0 N–H and O–H groups in total. The van der Waals surface area contributed by atoms with Gasteiger partial charge in [0.15, 0.2) is 5.60 Å². The van der Waals surface area contributed by atoms with Crippen LogP contribution in [0.1, 0.15) is 32.6 Å². The van der Waals surface area contributed by atoms with Crippen molar-refractivity contribution >= 4 is 0 Å². The van der Waals surface area contributed by atoms with Crippen LogP contribution < -0.4 is 0 Å². The smallest absolute Gasteiger partial charge is 0.153 e. The van der Waals surface area contributed by atoms with E-state index in [4.69, 9.17) is 10.00 Å². The Balaban J connectivity index is 2.61. The number of nitriles is 1. The lowest BCUT2D eigenvalue weighted by Crippen LogP contribution is -2.33. The van der Waals surface area contributed by atoms with Gasteiger partial charge in [0, 0.05) is 13.0 Å². The quantitative estimate of drug-likeness (QED) is 0.608. The van der Waals surface area contributed by atoms with Crippen molar-refractivity contribution in [3.63, 3.8) is 0 Å². The van der Waals surface area contributed by atoms with Crippen molar-refractivity contribution in [1.82, 2.24) is 0 Å². The molecule has 11 heavy (non-hydrogen) atoms. The van der Waals surface area contributed by atoms with E-state index in [0.717, 1.165) is 12.8 Å². The summed E-state index contributed by atoms with van der Waals surface area (Å²) in [5.74, 6) is 0.456. The zero-order chi connectivity index (χ0) is 8.32. The van der Waals surface area contributed by atoms with Gasteiger partial charge in [-0.2, -0.15) is 5.26 Å². The average Bonchev–Trinajstić information content (AvgIpc) is 2.55. The van der Waals surface area contributed by atoms with Crippen LogP contribution in [0.3, 0.4) is 0 Å². The van der Waals surface area contributed by atoms with Crippen LogP contribution in [0.15, 0.2) is 0 Å². The minimum atomic E-state index is -0.531. The minimum absolute atomic E-state index is 0.456. The number of methoxy groups -OCH3 is 1. The SMILES string of the molecule is COC(C)(C#N)C1CCCC1. The van der Waals surface area contributed by atoms with Gasteiger partial charge in [-0.3, -0.25) is 0 Å². The van der Waals surface area contributed by atoms with E-state index >= 15 is 0 Å². The molecule has 1 fully saturated rings. The van der Waals surface area contributed by atoms with Crippen LogP contribution in [0.25, 0.3) is 0 Å². The Hall–Kier alpha value is -0.550. The normalized spacial score (nSPS) is 24.5. The molecule has 0 heterocycles. The van der Waals surface area contributed by atoms with Gasteiger partial charge in [-0.05, 0) is 19.8 Å². The summed E-state index contributed by atoms with van der Waals surface area (Å²) in [6, 6.07) is 2.25. The van der Waals surface area contributed by atoms with Gasteiger partial charge in [0.2, 0.25) is 0 Å². The number of ether oxygens (including phenoxy) is 1. The summed E-state index contributed by atoms with van der Waals surface area (Å²) in [4.78, 5) is 0. The molecular weight excluding hydrogens is 138 g/mol. The number of nitrogens with zero attached hydrogens (tertiary/aromatic N) is 1. The van der Waals surface area contributed by atoms with Gasteiger partial charge in [0.05, 0.1) is 6.07 Å². The van der Waals surface area contributed by atoms with Crippen LogP contribution >= 0.6 is 0 Å². The number of hydrogen-bond donors (Lipinski definition) is 0. The minimum Gasteiger partial charge on any atom is -0.363 e. The summed E-state index contributed by atoms with van der Waals surface area (Å²) >= 11 is 0. The Morgan fingerprint density at radius 3 is 2.36 bits per heavy atom. The molecule has 0 amide bonds. The standard InChI is InChI=1S/C9H15NO/c1-9(7-10,11-2)8-5-3-4-6-8/h8H,3-6H2,1-2H3. The Labute approximate surface area is 68.2 Å². The Morgan fingerprint density at radius 1 is 1.45 bits per heavy atom. The van der Waals surface area contributed by atoms with Crippen LogP contribution in [-0.4, -0.2) is 12.7 Å². The van der Waals surface area contributed by atoms with E-state index in [2.05, 4.69) is 6.07 Å². The van der Waals surface area contributed by atoms with Crippen LogP contribution in [0.4, 0.5) is 0 Å². The van der Waals surface area contributed by atoms with E-state index in [1.165, 1.54) is 12.8 Å². The van der Waals surface area contributed by atoms with E-state index in [9.17, 15) is 0 Å². The fraction of sp³-hybridized carbons (Fsp3) is 0.889. The van der Waals surface area contributed by atoms with E-state index in [1.807, 2.05) is 6.92 Å². The molecule has 1 aliphatic carbocycles. The van der Waals surface area contributed by atoms with E-state index in [0.29, 0.717) is 5.92 Å². The van der Waals surface area contributed by atoms with Crippen LogP contribution in [-0.2, 0) is 4.74 Å². The Morgan fingerprint density at radius 2 is 2.00 bits per heavy atom. The first-order valence-corrected chi connectivity index (χ1v) is 4.19. The lowest BCUT2D eigenvalue weighted by molar-refractivity contribution is 0.00651. The first-order chi connectivity index (χ1) is 5.23. The third-order valence-electron chi connectivity index (χ3n) is 2.78. The summed E-state index contributed by atoms with van der Waals surface area (Å²) in [6.07, 6.45) is 4.81. The van der Waals surface area contributed by atoms with Crippen molar-refractivity contribution in [3.8, 4) is 6.07 Å². The van der Waals surface area contributed by atoms with E-state index in [1.54, 1.807) is 7.11 Å². The Kier molecular flexibility index (Phi) is 2.51. The largest absolute Gasteiger partial charge is 0.363 e. The fourth-order valence-corrected chi connectivity index (χ4v) is 1.78. The third-order valence-corrected chi connectivity index (χ3v) is 2.78.